The predicted octanol–water partition coefficient (Wildman–Crippen LogP) is 1.32. The quantitative estimate of drug-likeness (QED) is 0.604. The molecule has 1 N–H and O–H groups in total. The Hall–Kier alpha value is -0.765. The third kappa shape index (κ3) is 1.53. The third-order valence-corrected chi connectivity index (χ3v) is 2.16. The van der Waals surface area contributed by atoms with E-state index in [0.717, 1.165) is 15.9 Å². The number of pyridine rings is 1. The van der Waals surface area contributed by atoms with Crippen LogP contribution in [0, 0.1) is 0 Å². The SMILES string of the molecule is [B]c1cnc(Br)c(NC)c1C=C. The van der Waals surface area contributed by atoms with Crippen molar-refractivity contribution in [3.8, 4) is 0 Å². The van der Waals surface area contributed by atoms with E-state index < -0.39 is 0 Å². The summed E-state index contributed by atoms with van der Waals surface area (Å²) in [6, 6.07) is 0. The van der Waals surface area contributed by atoms with E-state index in [9.17, 15) is 0 Å². The smallest absolute Gasteiger partial charge is 0.129 e. The average molecular weight is 223 g/mol. The predicted molar refractivity (Wildman–Crippen MR) is 57.0 cm³/mol. The Kier molecular flexibility index (Phi) is 2.92. The molecule has 1 heterocycles. The van der Waals surface area contributed by atoms with Crippen molar-refractivity contribution in [3.63, 3.8) is 0 Å². The second-order valence-electron chi connectivity index (χ2n) is 2.25. The molecule has 0 atom stereocenters. The first-order valence-electron chi connectivity index (χ1n) is 3.45. The average Bonchev–Trinajstić information content (AvgIpc) is 2.08. The van der Waals surface area contributed by atoms with Crippen LogP contribution in [0.1, 0.15) is 5.56 Å². The number of halogens is 1. The van der Waals surface area contributed by atoms with E-state index in [1.165, 1.54) is 0 Å². The zero-order chi connectivity index (χ0) is 9.14. The number of aromatic nitrogens is 1. The lowest BCUT2D eigenvalue weighted by Gasteiger charge is -2.09. The van der Waals surface area contributed by atoms with Crippen LogP contribution in [0.5, 0.6) is 0 Å². The molecule has 1 rings (SSSR count). The van der Waals surface area contributed by atoms with Gasteiger partial charge in [-0.15, -0.1) is 0 Å². The van der Waals surface area contributed by atoms with Gasteiger partial charge in [-0.05, 0) is 21.5 Å². The number of hydrogen-bond donors (Lipinski definition) is 1. The maximum atomic E-state index is 5.68. The molecule has 0 aliphatic heterocycles. The first kappa shape index (κ1) is 9.32. The molecule has 60 valence electrons. The van der Waals surface area contributed by atoms with Gasteiger partial charge in [0.15, 0.2) is 0 Å². The summed E-state index contributed by atoms with van der Waals surface area (Å²) in [5, 5.41) is 2.99. The zero-order valence-electron chi connectivity index (χ0n) is 6.76. The number of nitrogens with zero attached hydrogens (tertiary/aromatic N) is 1. The molecule has 4 heteroatoms. The highest BCUT2D eigenvalue weighted by Gasteiger charge is 2.05. The molecule has 0 aliphatic rings. The summed E-state index contributed by atoms with van der Waals surface area (Å²) in [6.45, 7) is 3.67. The molecule has 0 saturated heterocycles. The van der Waals surface area contributed by atoms with Crippen molar-refractivity contribution < 1.29 is 0 Å². The molecule has 0 aromatic carbocycles. The van der Waals surface area contributed by atoms with Crippen molar-refractivity contribution in [2.75, 3.05) is 12.4 Å². The fraction of sp³-hybridized carbons (Fsp3) is 0.125. The highest BCUT2D eigenvalue weighted by Crippen LogP contribution is 2.22. The first-order chi connectivity index (χ1) is 5.70. The Morgan fingerprint density at radius 1 is 1.75 bits per heavy atom. The standard InChI is InChI=1S/C8H8BBrN2/c1-3-5-6(9)4-12-8(10)7(5)11-2/h3-4,11H,1H2,2H3. The number of nitrogens with one attached hydrogen (secondary N) is 1. The Morgan fingerprint density at radius 3 is 2.83 bits per heavy atom. The third-order valence-electron chi connectivity index (χ3n) is 1.56. The maximum absolute atomic E-state index is 5.68. The molecule has 1 aromatic heterocycles. The molecule has 1 aromatic rings. The van der Waals surface area contributed by atoms with Gasteiger partial charge in [0.05, 0.1) is 5.69 Å². The van der Waals surface area contributed by atoms with E-state index in [2.05, 4.69) is 32.8 Å². The van der Waals surface area contributed by atoms with E-state index in [1.54, 1.807) is 12.3 Å². The number of anilines is 1. The van der Waals surface area contributed by atoms with E-state index in [4.69, 9.17) is 7.85 Å². The maximum Gasteiger partial charge on any atom is 0.129 e. The van der Waals surface area contributed by atoms with Crippen molar-refractivity contribution in [1.82, 2.24) is 4.98 Å². The molecule has 2 nitrogen and oxygen atoms in total. The van der Waals surface area contributed by atoms with E-state index in [-0.39, 0.29) is 0 Å². The highest BCUT2D eigenvalue weighted by molar-refractivity contribution is 9.10. The zero-order valence-corrected chi connectivity index (χ0v) is 8.35. The van der Waals surface area contributed by atoms with Crippen molar-refractivity contribution in [2.24, 2.45) is 0 Å². The van der Waals surface area contributed by atoms with Crippen LogP contribution in [0.2, 0.25) is 0 Å². The summed E-state index contributed by atoms with van der Waals surface area (Å²) < 4.78 is 0.745. The van der Waals surface area contributed by atoms with Crippen molar-refractivity contribution in [1.29, 1.82) is 0 Å². The van der Waals surface area contributed by atoms with Crippen LogP contribution in [-0.4, -0.2) is 19.9 Å². The molecule has 12 heavy (non-hydrogen) atoms. The number of hydrogen-bond acceptors (Lipinski definition) is 2. The number of rotatable bonds is 2. The van der Waals surface area contributed by atoms with Crippen LogP contribution >= 0.6 is 15.9 Å². The van der Waals surface area contributed by atoms with Crippen LogP contribution in [0.15, 0.2) is 17.4 Å². The van der Waals surface area contributed by atoms with Crippen LogP contribution < -0.4 is 10.8 Å². The van der Waals surface area contributed by atoms with Crippen molar-refractivity contribution in [3.05, 3.63) is 22.9 Å². The second kappa shape index (κ2) is 3.76. The van der Waals surface area contributed by atoms with E-state index >= 15 is 0 Å². The van der Waals surface area contributed by atoms with Gasteiger partial charge in [0.1, 0.15) is 12.4 Å². The summed E-state index contributed by atoms with van der Waals surface area (Å²) in [4.78, 5) is 4.04. The Morgan fingerprint density at radius 2 is 2.42 bits per heavy atom. The molecular formula is C8H8BBrN2. The molecule has 2 radical (unpaired) electrons. The lowest BCUT2D eigenvalue weighted by atomic mass is 9.92. The largest absolute Gasteiger partial charge is 0.385 e. The van der Waals surface area contributed by atoms with Crippen LogP contribution in [0.25, 0.3) is 6.08 Å². The fourth-order valence-corrected chi connectivity index (χ4v) is 1.49. The van der Waals surface area contributed by atoms with Gasteiger partial charge in [0.2, 0.25) is 0 Å². The minimum Gasteiger partial charge on any atom is -0.385 e. The lowest BCUT2D eigenvalue weighted by Crippen LogP contribution is -2.11. The molecule has 0 unspecified atom stereocenters. The molecule has 0 amide bonds. The molecule has 0 bridgehead atoms. The second-order valence-corrected chi connectivity index (χ2v) is 3.00. The topological polar surface area (TPSA) is 24.9 Å². The van der Waals surface area contributed by atoms with Crippen LogP contribution in [0.3, 0.4) is 0 Å². The van der Waals surface area contributed by atoms with Gasteiger partial charge < -0.3 is 5.32 Å². The van der Waals surface area contributed by atoms with Gasteiger partial charge in [-0.3, -0.25) is 0 Å². The monoisotopic (exact) mass is 222 g/mol. The molecule has 0 spiro atoms. The Balaban J connectivity index is 3.38. The summed E-state index contributed by atoms with van der Waals surface area (Å²) in [6.07, 6.45) is 3.30. The van der Waals surface area contributed by atoms with E-state index in [1.807, 2.05) is 7.05 Å². The first-order valence-corrected chi connectivity index (χ1v) is 4.24. The summed E-state index contributed by atoms with van der Waals surface area (Å²) in [5.41, 5.74) is 2.36. The lowest BCUT2D eigenvalue weighted by molar-refractivity contribution is 1.27. The van der Waals surface area contributed by atoms with Gasteiger partial charge >= 0.3 is 0 Å². The Labute approximate surface area is 81.6 Å². The minimum atomic E-state index is 0.623. The molecule has 0 aliphatic carbocycles. The highest BCUT2D eigenvalue weighted by atomic mass is 79.9. The van der Waals surface area contributed by atoms with E-state index in [0.29, 0.717) is 5.46 Å². The van der Waals surface area contributed by atoms with Crippen molar-refractivity contribution in [2.45, 2.75) is 0 Å². The summed E-state index contributed by atoms with van der Waals surface area (Å²) in [7, 11) is 7.50. The van der Waals surface area contributed by atoms with Gasteiger partial charge in [-0.25, -0.2) is 4.98 Å². The molecule has 0 fully saturated rings. The van der Waals surface area contributed by atoms with Crippen LogP contribution in [-0.2, 0) is 0 Å². The minimum absolute atomic E-state index is 0.623. The summed E-state index contributed by atoms with van der Waals surface area (Å²) in [5.74, 6) is 0. The van der Waals surface area contributed by atoms with Gasteiger partial charge in [0, 0.05) is 13.2 Å². The fourth-order valence-electron chi connectivity index (χ4n) is 0.973. The molecule has 0 saturated carbocycles. The molecular weight excluding hydrogens is 215 g/mol. The summed E-state index contributed by atoms with van der Waals surface area (Å²) >= 11 is 3.31. The van der Waals surface area contributed by atoms with Gasteiger partial charge in [0.25, 0.3) is 0 Å². The van der Waals surface area contributed by atoms with Gasteiger partial charge in [-0.2, -0.15) is 0 Å². The normalized spacial score (nSPS) is 9.50. The Bertz CT molecular complexity index is 312. The van der Waals surface area contributed by atoms with Gasteiger partial charge in [-0.1, -0.05) is 18.1 Å². The van der Waals surface area contributed by atoms with Crippen LogP contribution in [0.4, 0.5) is 5.69 Å². The van der Waals surface area contributed by atoms with Crippen molar-refractivity contribution >= 4 is 41.0 Å².